The second-order valence-electron chi connectivity index (χ2n) is 8.76. The molecule has 0 aromatic heterocycles. The molecule has 5 nitrogen and oxygen atoms in total. The van der Waals surface area contributed by atoms with Crippen LogP contribution in [0, 0.1) is 11.3 Å². The number of hydrogen-bond acceptors (Lipinski definition) is 3. The molecule has 6 heteroatoms. The van der Waals surface area contributed by atoms with Crippen molar-refractivity contribution in [2.75, 3.05) is 53.0 Å². The standard InChI is InChI=1S/C22H44N4O.HI/c1-4-27-17-13-22(11-5-6-12-22)19-25-21(23-3)24-14-7-8-15-26-16-9-10-20(2)18-26;/h20H,4-19H2,1-3H3,(H2,23,24,25);1H. The highest BCUT2D eigenvalue weighted by molar-refractivity contribution is 14.0. The molecule has 0 amide bonds. The van der Waals surface area contributed by atoms with Gasteiger partial charge in [-0.05, 0) is 76.3 Å². The minimum atomic E-state index is 0. The first-order valence-electron chi connectivity index (χ1n) is 11.4. The van der Waals surface area contributed by atoms with Crippen LogP contribution in [-0.4, -0.2) is 63.8 Å². The van der Waals surface area contributed by atoms with Gasteiger partial charge in [-0.15, -0.1) is 24.0 Å². The van der Waals surface area contributed by atoms with Gasteiger partial charge in [0.15, 0.2) is 5.96 Å². The van der Waals surface area contributed by atoms with E-state index in [2.05, 4.69) is 34.4 Å². The first-order valence-corrected chi connectivity index (χ1v) is 11.4. The van der Waals surface area contributed by atoms with Gasteiger partial charge >= 0.3 is 0 Å². The van der Waals surface area contributed by atoms with Crippen LogP contribution in [0.2, 0.25) is 0 Å². The molecular formula is C22H45IN4O. The fraction of sp³-hybridized carbons (Fsp3) is 0.955. The summed E-state index contributed by atoms with van der Waals surface area (Å²) < 4.78 is 5.62. The quantitative estimate of drug-likeness (QED) is 0.190. The molecule has 1 heterocycles. The lowest BCUT2D eigenvalue weighted by Crippen LogP contribution is -2.43. The topological polar surface area (TPSA) is 48.9 Å². The maximum absolute atomic E-state index is 5.62. The number of aliphatic imine (C=N–C) groups is 1. The first kappa shape index (κ1) is 26.0. The van der Waals surface area contributed by atoms with Crippen LogP contribution in [0.15, 0.2) is 4.99 Å². The van der Waals surface area contributed by atoms with Crippen LogP contribution in [0.25, 0.3) is 0 Å². The summed E-state index contributed by atoms with van der Waals surface area (Å²) in [6.45, 7) is 12.0. The normalized spacial score (nSPS) is 22.7. The SMILES string of the molecule is CCOCCC1(CNC(=NC)NCCCCN2CCCC(C)C2)CCCC1.I. The number of nitrogens with zero attached hydrogens (tertiary/aromatic N) is 2. The van der Waals surface area contributed by atoms with E-state index in [1.807, 2.05) is 7.05 Å². The van der Waals surface area contributed by atoms with Crippen LogP contribution in [0.1, 0.15) is 71.6 Å². The summed E-state index contributed by atoms with van der Waals surface area (Å²) in [6.07, 6.45) is 11.8. The number of nitrogens with one attached hydrogen (secondary N) is 2. The van der Waals surface area contributed by atoms with E-state index in [0.717, 1.165) is 38.2 Å². The van der Waals surface area contributed by atoms with E-state index in [1.165, 1.54) is 77.4 Å². The lowest BCUT2D eigenvalue weighted by atomic mass is 9.83. The van der Waals surface area contributed by atoms with Gasteiger partial charge in [0.1, 0.15) is 0 Å². The maximum atomic E-state index is 5.62. The molecule has 2 N–H and O–H groups in total. The molecule has 0 spiro atoms. The van der Waals surface area contributed by atoms with Crippen molar-refractivity contribution in [1.82, 2.24) is 15.5 Å². The lowest BCUT2D eigenvalue weighted by molar-refractivity contribution is 0.105. The highest BCUT2D eigenvalue weighted by Crippen LogP contribution is 2.40. The minimum absolute atomic E-state index is 0. The molecule has 2 fully saturated rings. The zero-order valence-corrected chi connectivity index (χ0v) is 20.9. The number of likely N-dealkylation sites (tertiary alicyclic amines) is 1. The number of piperidine rings is 1. The molecule has 2 rings (SSSR count). The molecule has 1 aliphatic carbocycles. The number of hydrogen-bond donors (Lipinski definition) is 2. The second kappa shape index (κ2) is 14.8. The number of unbranched alkanes of at least 4 members (excludes halogenated alkanes) is 1. The number of guanidine groups is 1. The Morgan fingerprint density at radius 2 is 1.96 bits per heavy atom. The Bertz CT molecular complexity index is 427. The van der Waals surface area contributed by atoms with Crippen molar-refractivity contribution < 1.29 is 4.74 Å². The van der Waals surface area contributed by atoms with E-state index in [-0.39, 0.29) is 24.0 Å². The number of rotatable bonds is 11. The number of halogens is 1. The van der Waals surface area contributed by atoms with Gasteiger partial charge in [-0.1, -0.05) is 19.8 Å². The van der Waals surface area contributed by atoms with Gasteiger partial charge in [-0.3, -0.25) is 4.99 Å². The van der Waals surface area contributed by atoms with E-state index in [9.17, 15) is 0 Å². The summed E-state index contributed by atoms with van der Waals surface area (Å²) in [4.78, 5) is 7.07. The molecule has 1 saturated heterocycles. The van der Waals surface area contributed by atoms with Crippen molar-refractivity contribution in [1.29, 1.82) is 0 Å². The molecule has 1 aliphatic heterocycles. The Morgan fingerprint density at radius 1 is 1.18 bits per heavy atom. The predicted octanol–water partition coefficient (Wildman–Crippen LogP) is 4.27. The van der Waals surface area contributed by atoms with Crippen LogP contribution in [0.3, 0.4) is 0 Å². The van der Waals surface area contributed by atoms with Gasteiger partial charge in [0.2, 0.25) is 0 Å². The van der Waals surface area contributed by atoms with Crippen LogP contribution < -0.4 is 10.6 Å². The molecule has 1 atom stereocenters. The van der Waals surface area contributed by atoms with Crippen molar-refractivity contribution in [3.63, 3.8) is 0 Å². The van der Waals surface area contributed by atoms with Crippen molar-refractivity contribution in [3.05, 3.63) is 0 Å². The van der Waals surface area contributed by atoms with E-state index in [0.29, 0.717) is 5.41 Å². The average Bonchev–Trinajstić information content (AvgIpc) is 3.13. The Kier molecular flexibility index (Phi) is 13.7. The molecule has 0 aromatic rings. The van der Waals surface area contributed by atoms with Crippen LogP contribution in [0.4, 0.5) is 0 Å². The number of ether oxygens (including phenoxy) is 1. The van der Waals surface area contributed by atoms with Crippen LogP contribution >= 0.6 is 24.0 Å². The molecular weight excluding hydrogens is 463 g/mol. The largest absolute Gasteiger partial charge is 0.382 e. The molecule has 1 saturated carbocycles. The molecule has 0 aromatic carbocycles. The zero-order chi connectivity index (χ0) is 19.4. The highest BCUT2D eigenvalue weighted by atomic mass is 127. The van der Waals surface area contributed by atoms with Crippen molar-refractivity contribution in [2.24, 2.45) is 16.3 Å². The highest BCUT2D eigenvalue weighted by Gasteiger charge is 2.33. The Labute approximate surface area is 190 Å². The van der Waals surface area contributed by atoms with Gasteiger partial charge in [0.25, 0.3) is 0 Å². The fourth-order valence-corrected chi connectivity index (χ4v) is 4.72. The third-order valence-corrected chi connectivity index (χ3v) is 6.43. The third kappa shape index (κ3) is 9.61. The lowest BCUT2D eigenvalue weighted by Gasteiger charge is -2.31. The maximum Gasteiger partial charge on any atom is 0.190 e. The predicted molar refractivity (Wildman–Crippen MR) is 131 cm³/mol. The first-order chi connectivity index (χ1) is 13.2. The van der Waals surface area contributed by atoms with Crippen molar-refractivity contribution in [3.8, 4) is 0 Å². The summed E-state index contributed by atoms with van der Waals surface area (Å²) in [6, 6.07) is 0. The summed E-state index contributed by atoms with van der Waals surface area (Å²) in [5.41, 5.74) is 0.401. The average molecular weight is 509 g/mol. The van der Waals surface area contributed by atoms with E-state index >= 15 is 0 Å². The minimum Gasteiger partial charge on any atom is -0.382 e. The zero-order valence-electron chi connectivity index (χ0n) is 18.6. The summed E-state index contributed by atoms with van der Waals surface area (Å²) >= 11 is 0. The molecule has 28 heavy (non-hydrogen) atoms. The third-order valence-electron chi connectivity index (χ3n) is 6.43. The van der Waals surface area contributed by atoms with E-state index in [4.69, 9.17) is 4.74 Å². The second-order valence-corrected chi connectivity index (χ2v) is 8.76. The van der Waals surface area contributed by atoms with Gasteiger partial charge in [0, 0.05) is 39.9 Å². The van der Waals surface area contributed by atoms with Crippen molar-refractivity contribution >= 4 is 29.9 Å². The monoisotopic (exact) mass is 508 g/mol. The van der Waals surface area contributed by atoms with Gasteiger partial charge in [0.05, 0.1) is 0 Å². The Hall–Kier alpha value is -0.0800. The fourth-order valence-electron chi connectivity index (χ4n) is 4.72. The Balaban J connectivity index is 0.00000392. The van der Waals surface area contributed by atoms with Gasteiger partial charge in [-0.2, -0.15) is 0 Å². The van der Waals surface area contributed by atoms with Crippen LogP contribution in [0.5, 0.6) is 0 Å². The van der Waals surface area contributed by atoms with E-state index in [1.54, 1.807) is 0 Å². The molecule has 2 aliphatic rings. The molecule has 166 valence electrons. The molecule has 0 radical (unpaired) electrons. The summed E-state index contributed by atoms with van der Waals surface area (Å²) in [5, 5.41) is 7.11. The summed E-state index contributed by atoms with van der Waals surface area (Å²) in [5.74, 6) is 1.84. The van der Waals surface area contributed by atoms with E-state index < -0.39 is 0 Å². The molecule has 0 bridgehead atoms. The summed E-state index contributed by atoms with van der Waals surface area (Å²) in [7, 11) is 1.88. The van der Waals surface area contributed by atoms with Crippen LogP contribution in [-0.2, 0) is 4.74 Å². The smallest absolute Gasteiger partial charge is 0.190 e. The van der Waals surface area contributed by atoms with Gasteiger partial charge < -0.3 is 20.3 Å². The van der Waals surface area contributed by atoms with Crippen molar-refractivity contribution in [2.45, 2.75) is 71.6 Å². The molecule has 1 unspecified atom stereocenters. The van der Waals surface area contributed by atoms with Gasteiger partial charge in [-0.25, -0.2) is 0 Å². The Morgan fingerprint density at radius 3 is 2.64 bits per heavy atom.